The van der Waals surface area contributed by atoms with Gasteiger partial charge in [-0.15, -0.1) is 0 Å². The number of ether oxygens (including phenoxy) is 1. The molecule has 208 valence electrons. The molecule has 0 aliphatic carbocycles. The van der Waals surface area contributed by atoms with Gasteiger partial charge in [-0.05, 0) is 31.0 Å². The SMILES string of the molecule is CC(C)[C@@](C)(O)[C@@H]1CN(c2nc(-c3c(Cl)n(COCC[Si](C)(C)C)c4ncccc34)c(F)cc2F)CCN1. The smallest absolute Gasteiger partial charge is 0.168 e. The molecule has 0 aromatic carbocycles. The van der Waals surface area contributed by atoms with Gasteiger partial charge in [0.2, 0.25) is 0 Å². The summed E-state index contributed by atoms with van der Waals surface area (Å²) in [5, 5.41) is 15.2. The van der Waals surface area contributed by atoms with E-state index in [1.165, 1.54) is 0 Å². The predicted molar refractivity (Wildman–Crippen MR) is 151 cm³/mol. The van der Waals surface area contributed by atoms with E-state index in [2.05, 4.69) is 34.9 Å². The normalized spacial score (nSPS) is 18.4. The van der Waals surface area contributed by atoms with E-state index in [-0.39, 0.29) is 35.4 Å². The van der Waals surface area contributed by atoms with Crippen LogP contribution in [0.1, 0.15) is 20.8 Å². The number of hydrogen-bond acceptors (Lipinski definition) is 6. The molecule has 0 radical (unpaired) electrons. The first-order valence-corrected chi connectivity index (χ1v) is 17.2. The first kappa shape index (κ1) is 28.9. The van der Waals surface area contributed by atoms with Crippen LogP contribution in [-0.4, -0.2) is 65.6 Å². The second-order valence-electron chi connectivity index (χ2n) is 11.8. The Morgan fingerprint density at radius 3 is 2.71 bits per heavy atom. The molecule has 0 unspecified atom stereocenters. The Bertz CT molecular complexity index is 1290. The molecule has 1 aliphatic heterocycles. The van der Waals surface area contributed by atoms with E-state index in [0.29, 0.717) is 42.8 Å². The van der Waals surface area contributed by atoms with E-state index in [1.807, 2.05) is 13.8 Å². The van der Waals surface area contributed by atoms with E-state index in [9.17, 15) is 5.11 Å². The summed E-state index contributed by atoms with van der Waals surface area (Å²) in [6.45, 7) is 14.5. The van der Waals surface area contributed by atoms with Gasteiger partial charge in [-0.25, -0.2) is 18.7 Å². The highest BCUT2D eigenvalue weighted by Crippen LogP contribution is 2.39. The Balaban J connectivity index is 1.71. The quantitative estimate of drug-likeness (QED) is 0.262. The molecule has 0 bridgehead atoms. The van der Waals surface area contributed by atoms with Gasteiger partial charge in [0, 0.05) is 57.5 Å². The van der Waals surface area contributed by atoms with Crippen molar-refractivity contribution in [2.45, 2.75) is 64.8 Å². The minimum Gasteiger partial charge on any atom is -0.388 e. The molecule has 0 saturated carbocycles. The summed E-state index contributed by atoms with van der Waals surface area (Å²) in [5.74, 6) is -1.56. The zero-order valence-corrected chi connectivity index (χ0v) is 24.7. The van der Waals surface area contributed by atoms with Crippen molar-refractivity contribution in [3.05, 3.63) is 41.2 Å². The van der Waals surface area contributed by atoms with Crippen LogP contribution in [0.2, 0.25) is 30.8 Å². The molecule has 3 aromatic rings. The van der Waals surface area contributed by atoms with E-state index in [1.54, 1.807) is 34.7 Å². The molecule has 11 heteroatoms. The van der Waals surface area contributed by atoms with E-state index in [4.69, 9.17) is 16.3 Å². The zero-order chi connectivity index (χ0) is 27.8. The number of nitrogens with one attached hydrogen (secondary N) is 1. The van der Waals surface area contributed by atoms with Gasteiger partial charge in [0.15, 0.2) is 17.5 Å². The zero-order valence-electron chi connectivity index (χ0n) is 23.0. The van der Waals surface area contributed by atoms with Gasteiger partial charge in [0.1, 0.15) is 23.2 Å². The summed E-state index contributed by atoms with van der Waals surface area (Å²) in [5.41, 5.74) is -0.169. The lowest BCUT2D eigenvalue weighted by Crippen LogP contribution is -2.62. The molecule has 2 N–H and O–H groups in total. The maximum absolute atomic E-state index is 15.3. The first-order chi connectivity index (χ1) is 17.8. The van der Waals surface area contributed by atoms with Gasteiger partial charge in [-0.3, -0.25) is 4.57 Å². The second kappa shape index (κ2) is 11.2. The number of halogens is 3. The average Bonchev–Trinajstić information content (AvgIpc) is 3.12. The molecule has 3 aromatic heterocycles. The molecule has 1 aliphatic rings. The van der Waals surface area contributed by atoms with Crippen molar-refractivity contribution in [3.63, 3.8) is 0 Å². The van der Waals surface area contributed by atoms with Gasteiger partial charge >= 0.3 is 0 Å². The summed E-state index contributed by atoms with van der Waals surface area (Å²) < 4.78 is 38.1. The number of fused-ring (bicyclic) bond motifs is 1. The van der Waals surface area contributed by atoms with Crippen LogP contribution in [0.4, 0.5) is 14.6 Å². The van der Waals surface area contributed by atoms with E-state index < -0.39 is 25.3 Å². The Labute approximate surface area is 229 Å². The second-order valence-corrected chi connectivity index (χ2v) is 17.8. The third-order valence-electron chi connectivity index (χ3n) is 7.47. The van der Waals surface area contributed by atoms with Gasteiger partial charge in [-0.2, -0.15) is 0 Å². The standard InChI is InChI=1S/C27H38ClF2N5O2Si/c1-17(2)27(3,36)21-15-34(11-10-31-21)26-20(30)14-19(29)23(33-26)22-18-8-7-9-32-25(18)35(24(22)28)16-37-12-13-38(4,5)6/h7-9,14,17,21,31,36H,10-13,15-16H2,1-6H3/t21-,27+/m0/s1. The highest BCUT2D eigenvalue weighted by Gasteiger charge is 2.38. The van der Waals surface area contributed by atoms with Crippen LogP contribution in [-0.2, 0) is 11.5 Å². The number of anilines is 1. The predicted octanol–water partition coefficient (Wildman–Crippen LogP) is 5.53. The van der Waals surface area contributed by atoms with Crippen molar-refractivity contribution in [1.29, 1.82) is 0 Å². The maximum atomic E-state index is 15.3. The van der Waals surface area contributed by atoms with Crippen molar-refractivity contribution in [2.75, 3.05) is 31.1 Å². The Morgan fingerprint density at radius 1 is 1.29 bits per heavy atom. The molecular weight excluding hydrogens is 528 g/mol. The summed E-state index contributed by atoms with van der Waals surface area (Å²) >= 11 is 6.82. The van der Waals surface area contributed by atoms with Crippen LogP contribution in [0, 0.1) is 17.6 Å². The fraction of sp³-hybridized carbons (Fsp3) is 0.556. The van der Waals surface area contributed by atoms with Crippen LogP contribution < -0.4 is 10.2 Å². The van der Waals surface area contributed by atoms with Crippen molar-refractivity contribution in [3.8, 4) is 11.3 Å². The van der Waals surface area contributed by atoms with Crippen LogP contribution in [0.25, 0.3) is 22.3 Å². The molecule has 4 heterocycles. The molecule has 0 amide bonds. The number of nitrogens with zero attached hydrogens (tertiary/aromatic N) is 4. The van der Waals surface area contributed by atoms with Crippen LogP contribution in [0.15, 0.2) is 24.4 Å². The Hall–Kier alpha value is -2.11. The lowest BCUT2D eigenvalue weighted by atomic mass is 9.84. The summed E-state index contributed by atoms with van der Waals surface area (Å²) in [7, 11) is -1.27. The first-order valence-electron chi connectivity index (χ1n) is 13.1. The minimum absolute atomic E-state index is 0.0214. The van der Waals surface area contributed by atoms with Crippen LogP contribution >= 0.6 is 11.6 Å². The third-order valence-corrected chi connectivity index (χ3v) is 9.57. The lowest BCUT2D eigenvalue weighted by molar-refractivity contribution is -0.0232. The van der Waals surface area contributed by atoms with E-state index >= 15 is 8.78 Å². The largest absolute Gasteiger partial charge is 0.388 e. The van der Waals surface area contributed by atoms with Crippen LogP contribution in [0.3, 0.4) is 0 Å². The minimum atomic E-state index is -1.27. The molecule has 0 spiro atoms. The van der Waals surface area contributed by atoms with Crippen molar-refractivity contribution in [1.82, 2.24) is 19.9 Å². The third kappa shape index (κ3) is 5.89. The summed E-state index contributed by atoms with van der Waals surface area (Å²) in [4.78, 5) is 10.7. The highest BCUT2D eigenvalue weighted by molar-refractivity contribution is 6.76. The topological polar surface area (TPSA) is 75.4 Å². The fourth-order valence-electron chi connectivity index (χ4n) is 4.61. The summed E-state index contributed by atoms with van der Waals surface area (Å²) in [6, 6.07) is 5.09. The number of piperazine rings is 1. The molecule has 7 nitrogen and oxygen atoms in total. The average molecular weight is 566 g/mol. The van der Waals surface area contributed by atoms with Gasteiger partial charge in [0.25, 0.3) is 0 Å². The lowest BCUT2D eigenvalue weighted by Gasteiger charge is -2.43. The fourth-order valence-corrected chi connectivity index (χ4v) is 5.69. The Kier molecular flexibility index (Phi) is 8.49. The van der Waals surface area contributed by atoms with Gasteiger partial charge in [-0.1, -0.05) is 45.1 Å². The number of pyridine rings is 2. The number of hydrogen-bond donors (Lipinski definition) is 2. The molecule has 38 heavy (non-hydrogen) atoms. The molecule has 2 atom stereocenters. The monoisotopic (exact) mass is 565 g/mol. The molecular formula is C27H38ClF2N5O2Si. The van der Waals surface area contributed by atoms with Gasteiger partial charge in [0.05, 0.1) is 11.6 Å². The Morgan fingerprint density at radius 2 is 2.03 bits per heavy atom. The highest BCUT2D eigenvalue weighted by atomic mass is 35.5. The van der Waals surface area contributed by atoms with E-state index in [0.717, 1.165) is 12.1 Å². The number of rotatable bonds is 9. The van der Waals surface area contributed by atoms with Crippen molar-refractivity contribution in [2.24, 2.45) is 5.92 Å². The van der Waals surface area contributed by atoms with Crippen LogP contribution in [0.5, 0.6) is 0 Å². The maximum Gasteiger partial charge on any atom is 0.168 e. The molecule has 4 rings (SSSR count). The van der Waals surface area contributed by atoms with Gasteiger partial charge < -0.3 is 20.1 Å². The number of aliphatic hydroxyl groups is 1. The van der Waals surface area contributed by atoms with Crippen molar-refractivity contribution < 1.29 is 18.6 Å². The number of aromatic nitrogens is 3. The summed E-state index contributed by atoms with van der Waals surface area (Å²) in [6.07, 6.45) is 1.64. The molecule has 1 saturated heterocycles. The molecule has 1 fully saturated rings. The van der Waals surface area contributed by atoms with Crippen molar-refractivity contribution >= 4 is 36.5 Å².